The van der Waals surface area contributed by atoms with Gasteiger partial charge < -0.3 is 14.6 Å². The first-order valence-corrected chi connectivity index (χ1v) is 7.04. The number of benzene rings is 1. The van der Waals surface area contributed by atoms with Crippen LogP contribution in [0.15, 0.2) is 36.5 Å². The maximum absolute atomic E-state index is 10.8. The Morgan fingerprint density at radius 1 is 1.29 bits per heavy atom. The summed E-state index contributed by atoms with van der Waals surface area (Å²) in [5.41, 5.74) is 0.847. The van der Waals surface area contributed by atoms with Gasteiger partial charge in [0.15, 0.2) is 0 Å². The van der Waals surface area contributed by atoms with Crippen molar-refractivity contribution in [3.8, 4) is 5.69 Å². The van der Waals surface area contributed by atoms with Crippen molar-refractivity contribution in [1.29, 1.82) is 0 Å². The average Bonchev–Trinajstić information content (AvgIpc) is 3.05. The maximum atomic E-state index is 10.8. The Morgan fingerprint density at radius 3 is 2.67 bits per heavy atom. The first-order valence-electron chi connectivity index (χ1n) is 7.04. The topological polar surface area (TPSA) is 69.4 Å². The van der Waals surface area contributed by atoms with Crippen molar-refractivity contribution >= 4 is 0 Å². The van der Waals surface area contributed by atoms with Crippen LogP contribution in [-0.2, 0) is 9.47 Å². The van der Waals surface area contributed by atoms with Crippen LogP contribution in [0.2, 0.25) is 0 Å². The van der Waals surface area contributed by atoms with E-state index in [1.807, 2.05) is 30.3 Å². The van der Waals surface area contributed by atoms with Gasteiger partial charge in [-0.1, -0.05) is 23.4 Å². The lowest BCUT2D eigenvalue weighted by Crippen LogP contribution is -2.44. The van der Waals surface area contributed by atoms with E-state index in [1.165, 1.54) is 0 Å². The highest BCUT2D eigenvalue weighted by atomic mass is 16.5. The molecule has 0 saturated carbocycles. The molecule has 0 aliphatic carbocycles. The lowest BCUT2D eigenvalue weighted by atomic mass is 9.86. The van der Waals surface area contributed by atoms with Crippen molar-refractivity contribution in [2.24, 2.45) is 0 Å². The van der Waals surface area contributed by atoms with Crippen molar-refractivity contribution in [2.45, 2.75) is 24.5 Å². The molecule has 0 bridgehead atoms. The van der Waals surface area contributed by atoms with Gasteiger partial charge in [0.05, 0.1) is 17.6 Å². The van der Waals surface area contributed by atoms with E-state index >= 15 is 0 Å². The van der Waals surface area contributed by atoms with Crippen LogP contribution in [0, 0.1) is 0 Å². The zero-order chi connectivity index (χ0) is 14.7. The van der Waals surface area contributed by atoms with Gasteiger partial charge in [0.2, 0.25) is 0 Å². The number of rotatable bonds is 4. The first-order chi connectivity index (χ1) is 10.3. The van der Waals surface area contributed by atoms with Crippen molar-refractivity contribution in [3.05, 3.63) is 42.2 Å². The van der Waals surface area contributed by atoms with Crippen LogP contribution in [-0.4, -0.2) is 46.0 Å². The Labute approximate surface area is 123 Å². The molecule has 3 rings (SSSR count). The lowest BCUT2D eigenvalue weighted by Gasteiger charge is -2.39. The number of aliphatic hydroxyl groups is 1. The van der Waals surface area contributed by atoms with E-state index in [9.17, 15) is 5.11 Å². The average molecular weight is 289 g/mol. The van der Waals surface area contributed by atoms with E-state index in [0.717, 1.165) is 5.69 Å². The molecule has 1 aliphatic rings. The molecule has 2 heterocycles. The normalized spacial score (nSPS) is 19.3. The number of methoxy groups -OCH3 is 1. The van der Waals surface area contributed by atoms with Crippen molar-refractivity contribution in [3.63, 3.8) is 0 Å². The largest absolute Gasteiger partial charge is 0.384 e. The summed E-state index contributed by atoms with van der Waals surface area (Å²) in [7, 11) is 1.63. The van der Waals surface area contributed by atoms with Gasteiger partial charge in [0.25, 0.3) is 0 Å². The molecule has 1 aromatic carbocycles. The van der Waals surface area contributed by atoms with Gasteiger partial charge in [0.1, 0.15) is 11.7 Å². The van der Waals surface area contributed by atoms with Crippen LogP contribution >= 0.6 is 0 Å². The summed E-state index contributed by atoms with van der Waals surface area (Å²) in [5.74, 6) is 0. The van der Waals surface area contributed by atoms with Crippen LogP contribution in [0.5, 0.6) is 0 Å². The van der Waals surface area contributed by atoms with E-state index in [0.29, 0.717) is 31.7 Å². The second-order valence-corrected chi connectivity index (χ2v) is 5.19. The molecule has 1 saturated heterocycles. The first kappa shape index (κ1) is 14.2. The van der Waals surface area contributed by atoms with E-state index < -0.39 is 11.7 Å². The lowest BCUT2D eigenvalue weighted by molar-refractivity contribution is -0.156. The third kappa shape index (κ3) is 2.57. The monoisotopic (exact) mass is 289 g/mol. The minimum atomic E-state index is -0.804. The summed E-state index contributed by atoms with van der Waals surface area (Å²) >= 11 is 0. The highest BCUT2D eigenvalue weighted by molar-refractivity contribution is 5.32. The quantitative estimate of drug-likeness (QED) is 0.923. The van der Waals surface area contributed by atoms with Crippen molar-refractivity contribution < 1.29 is 14.6 Å². The summed E-state index contributed by atoms with van der Waals surface area (Å²) in [6.07, 6.45) is 2.07. The molecular formula is C15H19N3O3. The van der Waals surface area contributed by atoms with Crippen LogP contribution < -0.4 is 0 Å². The number of para-hydroxylation sites is 1. The fourth-order valence-corrected chi connectivity index (χ4v) is 2.77. The minimum Gasteiger partial charge on any atom is -0.384 e. The van der Waals surface area contributed by atoms with E-state index in [2.05, 4.69) is 10.3 Å². The second kappa shape index (κ2) is 5.93. The number of aromatic nitrogens is 3. The fraction of sp³-hybridized carbons (Fsp3) is 0.467. The summed E-state index contributed by atoms with van der Waals surface area (Å²) in [4.78, 5) is 0. The molecule has 2 aromatic rings. The van der Waals surface area contributed by atoms with Crippen LogP contribution in [0.25, 0.3) is 5.69 Å². The van der Waals surface area contributed by atoms with Gasteiger partial charge in [-0.15, -0.1) is 5.10 Å². The number of aliphatic hydroxyl groups excluding tert-OH is 1. The molecule has 1 fully saturated rings. The van der Waals surface area contributed by atoms with E-state index in [4.69, 9.17) is 9.47 Å². The molecule has 1 unspecified atom stereocenters. The Bertz CT molecular complexity index is 579. The van der Waals surface area contributed by atoms with Gasteiger partial charge >= 0.3 is 0 Å². The summed E-state index contributed by atoms with van der Waals surface area (Å²) in [5, 5.41) is 18.9. The third-order valence-corrected chi connectivity index (χ3v) is 4.10. The van der Waals surface area contributed by atoms with Crippen LogP contribution in [0.4, 0.5) is 0 Å². The Morgan fingerprint density at radius 2 is 2.00 bits per heavy atom. The van der Waals surface area contributed by atoms with Crippen molar-refractivity contribution in [2.75, 3.05) is 20.3 Å². The fourth-order valence-electron chi connectivity index (χ4n) is 2.77. The molecule has 1 aliphatic heterocycles. The Kier molecular flexibility index (Phi) is 4.01. The van der Waals surface area contributed by atoms with Gasteiger partial charge in [-0.2, -0.15) is 0 Å². The summed E-state index contributed by atoms with van der Waals surface area (Å²) < 4.78 is 12.7. The Balaban J connectivity index is 1.95. The third-order valence-electron chi connectivity index (χ3n) is 4.10. The molecule has 0 radical (unpaired) electrons. The predicted molar refractivity (Wildman–Crippen MR) is 76.1 cm³/mol. The predicted octanol–water partition coefficient (Wildman–Crippen LogP) is 1.50. The van der Waals surface area contributed by atoms with Crippen LogP contribution in [0.1, 0.15) is 24.6 Å². The SMILES string of the molecule is COC1(C(O)c2cnnn2-c2ccccc2)CCOCC1. The van der Waals surface area contributed by atoms with Crippen LogP contribution in [0.3, 0.4) is 0 Å². The zero-order valence-electron chi connectivity index (χ0n) is 12.0. The number of ether oxygens (including phenoxy) is 2. The molecule has 0 spiro atoms. The molecule has 6 nitrogen and oxygen atoms in total. The number of nitrogens with zero attached hydrogens (tertiary/aromatic N) is 3. The molecule has 6 heteroatoms. The molecule has 0 amide bonds. The molecule has 1 aromatic heterocycles. The van der Waals surface area contributed by atoms with Gasteiger partial charge in [-0.25, -0.2) is 4.68 Å². The highest BCUT2D eigenvalue weighted by Gasteiger charge is 2.42. The zero-order valence-corrected chi connectivity index (χ0v) is 12.0. The Hall–Kier alpha value is -1.76. The standard InChI is InChI=1S/C15H19N3O3/c1-20-15(7-9-21-10-8-15)14(19)13-11-16-17-18(13)12-5-3-2-4-6-12/h2-6,11,14,19H,7-10H2,1H3. The number of hydrogen-bond acceptors (Lipinski definition) is 5. The summed E-state index contributed by atoms with van der Waals surface area (Å²) in [6.45, 7) is 1.16. The molecule has 1 N–H and O–H groups in total. The smallest absolute Gasteiger partial charge is 0.127 e. The molecule has 112 valence electrons. The number of hydrogen-bond donors (Lipinski definition) is 1. The summed E-state index contributed by atoms with van der Waals surface area (Å²) in [6, 6.07) is 9.63. The van der Waals surface area contributed by atoms with Crippen molar-refractivity contribution in [1.82, 2.24) is 15.0 Å². The molecule has 21 heavy (non-hydrogen) atoms. The van der Waals surface area contributed by atoms with E-state index in [1.54, 1.807) is 18.0 Å². The van der Waals surface area contributed by atoms with Gasteiger partial charge in [-0.3, -0.25) is 0 Å². The van der Waals surface area contributed by atoms with E-state index in [-0.39, 0.29) is 0 Å². The minimum absolute atomic E-state index is 0.581. The molecular weight excluding hydrogens is 270 g/mol. The second-order valence-electron chi connectivity index (χ2n) is 5.19. The van der Waals surface area contributed by atoms with Gasteiger partial charge in [0, 0.05) is 33.2 Å². The maximum Gasteiger partial charge on any atom is 0.127 e. The highest BCUT2D eigenvalue weighted by Crippen LogP contribution is 2.37. The molecule has 1 atom stereocenters. The van der Waals surface area contributed by atoms with Gasteiger partial charge in [-0.05, 0) is 12.1 Å².